The molecule has 1 aromatic rings. The summed E-state index contributed by atoms with van der Waals surface area (Å²) in [6.07, 6.45) is 0.0814. The fourth-order valence-electron chi connectivity index (χ4n) is 4.10. The first-order chi connectivity index (χ1) is 24.1. The number of amides is 2. The number of nitrogens with one attached hydrogen (secondary N) is 2. The molecular weight excluding hydrogens is 711 g/mol. The van der Waals surface area contributed by atoms with Crippen molar-refractivity contribution in [2.24, 2.45) is 0 Å². The minimum absolute atomic E-state index is 0.0142. The number of carbonyl (C=O) groups excluding carboxylic acids is 4. The molecule has 0 aliphatic heterocycles. The Hall–Kier alpha value is -2.92. The van der Waals surface area contributed by atoms with Crippen molar-refractivity contribution in [2.45, 2.75) is 90.6 Å². The fraction of sp³-hybridized carbons (Fsp3) is 0.694. The van der Waals surface area contributed by atoms with Crippen LogP contribution in [0.3, 0.4) is 0 Å². The minimum atomic E-state index is -1.15. The quantitative estimate of drug-likeness (QED) is 0.0762. The molecule has 14 nitrogen and oxygen atoms in total. The number of hydrogen-bond donors (Lipinski definition) is 2. The van der Waals surface area contributed by atoms with E-state index < -0.39 is 34.8 Å². The van der Waals surface area contributed by atoms with E-state index >= 15 is 0 Å². The zero-order chi connectivity index (χ0) is 38.0. The molecule has 2 amide bonds. The summed E-state index contributed by atoms with van der Waals surface area (Å²) in [5.74, 6) is -1.17. The summed E-state index contributed by atoms with van der Waals surface area (Å²) in [5.41, 5.74) is -1.51. The first-order valence-electron chi connectivity index (χ1n) is 17.1. The number of esters is 2. The molecule has 1 rings (SSSR count). The Morgan fingerprint density at radius 2 is 1.18 bits per heavy atom. The molecule has 0 fully saturated rings. The minimum Gasteiger partial charge on any atom is -0.445 e. The molecule has 0 saturated heterocycles. The Morgan fingerprint density at radius 1 is 0.667 bits per heavy atom. The fourth-order valence-corrected chi connectivity index (χ4v) is 4.22. The van der Waals surface area contributed by atoms with Gasteiger partial charge in [-0.25, -0.2) is 4.79 Å². The summed E-state index contributed by atoms with van der Waals surface area (Å²) < 4.78 is 44.4. The van der Waals surface area contributed by atoms with Gasteiger partial charge in [0.2, 0.25) is 0 Å². The second-order valence-electron chi connectivity index (χ2n) is 13.5. The number of ether oxygens (including phenoxy) is 8. The van der Waals surface area contributed by atoms with E-state index in [1.54, 1.807) is 46.5 Å². The van der Waals surface area contributed by atoms with Gasteiger partial charge in [-0.2, -0.15) is 0 Å². The van der Waals surface area contributed by atoms with Crippen molar-refractivity contribution in [1.29, 1.82) is 0 Å². The molecular formula is C36H58CoN2O12. The van der Waals surface area contributed by atoms with E-state index in [2.05, 4.69) is 25.9 Å². The predicted octanol–water partition coefficient (Wildman–Crippen LogP) is 3.44. The van der Waals surface area contributed by atoms with Gasteiger partial charge in [0.1, 0.15) is 17.8 Å². The third kappa shape index (κ3) is 26.5. The van der Waals surface area contributed by atoms with Crippen LogP contribution in [-0.4, -0.2) is 118 Å². The van der Waals surface area contributed by atoms with E-state index in [0.717, 1.165) is 5.56 Å². The van der Waals surface area contributed by atoms with E-state index in [9.17, 15) is 19.2 Å². The van der Waals surface area contributed by atoms with Gasteiger partial charge in [0.05, 0.1) is 13.2 Å². The van der Waals surface area contributed by atoms with Crippen LogP contribution in [0, 0.1) is 0 Å². The molecule has 0 atom stereocenters. The third-order valence-corrected chi connectivity index (χ3v) is 6.51. The van der Waals surface area contributed by atoms with Crippen LogP contribution in [0.2, 0.25) is 0 Å². The number of alkyl carbamates (subject to hydrolysis) is 1. The van der Waals surface area contributed by atoms with E-state index in [-0.39, 0.29) is 97.8 Å². The molecule has 0 radical (unpaired) electrons. The Morgan fingerprint density at radius 3 is 1.71 bits per heavy atom. The van der Waals surface area contributed by atoms with E-state index in [0.29, 0.717) is 13.0 Å². The van der Waals surface area contributed by atoms with Crippen molar-refractivity contribution < 1.29 is 72.4 Å². The molecule has 0 spiro atoms. The van der Waals surface area contributed by atoms with Crippen molar-refractivity contribution in [2.75, 3.05) is 72.6 Å². The topological polar surface area (TPSA) is 166 Å². The second-order valence-corrected chi connectivity index (χ2v) is 14.0. The zero-order valence-electron chi connectivity index (χ0n) is 31.0. The van der Waals surface area contributed by atoms with Crippen LogP contribution < -0.4 is 10.6 Å². The maximum absolute atomic E-state index is 13.1. The number of rotatable bonds is 27. The van der Waals surface area contributed by atoms with E-state index in [4.69, 9.17) is 37.9 Å². The van der Waals surface area contributed by atoms with Gasteiger partial charge >= 0.3 is 176 Å². The molecule has 0 aromatic heterocycles. The molecule has 1 aromatic carbocycles. The maximum atomic E-state index is 13.1. The normalized spacial score (nSPS) is 11.8. The monoisotopic (exact) mass is 769 g/mol. The Balaban J connectivity index is 2.60. The Kier molecular flexibility index (Phi) is 23.4. The predicted molar refractivity (Wildman–Crippen MR) is 186 cm³/mol. The summed E-state index contributed by atoms with van der Waals surface area (Å²) >= 11 is 4.16. The van der Waals surface area contributed by atoms with Crippen LogP contribution in [0.5, 0.6) is 0 Å². The summed E-state index contributed by atoms with van der Waals surface area (Å²) in [7, 11) is 0. The summed E-state index contributed by atoms with van der Waals surface area (Å²) in [4.78, 5) is 51.0. The molecule has 51 heavy (non-hydrogen) atoms. The third-order valence-electron chi connectivity index (χ3n) is 6.21. The van der Waals surface area contributed by atoms with E-state index in [1.807, 2.05) is 30.3 Å². The van der Waals surface area contributed by atoms with Gasteiger partial charge in [-0.05, 0) is 47.1 Å². The number of carbonyl (C=O) groups is 4. The molecule has 0 aliphatic rings. The Labute approximate surface area is 310 Å². The van der Waals surface area contributed by atoms with E-state index in [1.165, 1.54) is 0 Å². The number of hydrogen-bond acceptors (Lipinski definition) is 12. The molecule has 2 N–H and O–H groups in total. The molecule has 0 unspecified atom stereocenters. The van der Waals surface area contributed by atoms with Crippen molar-refractivity contribution in [3.8, 4) is 0 Å². The Bertz CT molecular complexity index is 1120. The molecule has 0 aliphatic carbocycles. The first-order valence-corrected chi connectivity index (χ1v) is 17.7. The molecule has 0 heterocycles. The standard InChI is InChI=1S/C36H58N2O12.Co/c1-8-18-45-26-36(27-46-20-15-31(40)49-34(2,3)4,28-47-21-16-32(41)50-35(5,6)7)38-30(39)14-19-43-23-24-44-22-17-37-33(42)48-25-29-12-10-9-11-13-29;/h1,9-13H,8,14-28H2,2-7H3,(H,37,42)(H,38,39);. The van der Waals surface area contributed by atoms with Gasteiger partial charge in [-0.15, -0.1) is 0 Å². The summed E-state index contributed by atoms with van der Waals surface area (Å²) in [6, 6.07) is 9.37. The van der Waals surface area contributed by atoms with Gasteiger partial charge in [-0.3, -0.25) is 0 Å². The van der Waals surface area contributed by atoms with Crippen LogP contribution in [-0.2, 0) is 74.2 Å². The molecule has 15 heteroatoms. The zero-order valence-corrected chi connectivity index (χ0v) is 32.1. The van der Waals surface area contributed by atoms with Gasteiger partial charge in [0, 0.05) is 6.54 Å². The van der Waals surface area contributed by atoms with Crippen molar-refractivity contribution in [3.63, 3.8) is 0 Å². The summed E-state index contributed by atoms with van der Waals surface area (Å²) in [6.45, 7) is 12.4. The van der Waals surface area contributed by atoms with Crippen LogP contribution in [0.25, 0.3) is 0 Å². The first kappa shape index (κ1) is 46.1. The van der Waals surface area contributed by atoms with Gasteiger partial charge in [0.15, 0.2) is 0 Å². The average Bonchev–Trinajstić information content (AvgIpc) is 3.04. The van der Waals surface area contributed by atoms with Crippen LogP contribution in [0.15, 0.2) is 30.3 Å². The number of benzene rings is 1. The van der Waals surface area contributed by atoms with Crippen LogP contribution in [0.4, 0.5) is 4.79 Å². The molecule has 293 valence electrons. The van der Waals surface area contributed by atoms with Crippen LogP contribution >= 0.6 is 0 Å². The summed E-state index contributed by atoms with van der Waals surface area (Å²) in [5, 5.41) is 5.59. The average molecular weight is 770 g/mol. The SMILES string of the molecule is CC(C)(C)OC(=O)CCOCC(COCC[CH]=[Co])(COCCC(=O)OC(C)(C)C)NC(=O)CCOCCOCCNC(=O)OCc1ccccc1. The van der Waals surface area contributed by atoms with Gasteiger partial charge in [0.25, 0.3) is 0 Å². The van der Waals surface area contributed by atoms with Crippen molar-refractivity contribution in [3.05, 3.63) is 35.9 Å². The van der Waals surface area contributed by atoms with Crippen molar-refractivity contribution in [1.82, 2.24) is 10.6 Å². The van der Waals surface area contributed by atoms with Gasteiger partial charge in [-0.1, -0.05) is 30.3 Å². The second kappa shape index (κ2) is 25.9. The van der Waals surface area contributed by atoms with Crippen molar-refractivity contribution >= 4 is 28.9 Å². The molecule has 0 bridgehead atoms. The molecule has 0 saturated carbocycles. The van der Waals surface area contributed by atoms with Gasteiger partial charge < -0.3 is 14.8 Å². The smallest absolute Gasteiger partial charge is 0.445 e. The van der Waals surface area contributed by atoms with Crippen LogP contribution in [0.1, 0.15) is 72.8 Å².